The molecule has 1 saturated heterocycles. The molecule has 1 aromatic carbocycles. The summed E-state index contributed by atoms with van der Waals surface area (Å²) in [4.78, 5) is 13.2. The number of piperazine rings is 1. The van der Waals surface area contributed by atoms with E-state index in [0.29, 0.717) is 0 Å². The molecule has 4 rings (SSSR count). The maximum Gasteiger partial charge on any atom is 0.151 e. The van der Waals surface area contributed by atoms with E-state index in [1.165, 1.54) is 0 Å². The van der Waals surface area contributed by atoms with Crippen LogP contribution in [0.4, 0.5) is 11.6 Å². The van der Waals surface area contributed by atoms with E-state index in [9.17, 15) is 0 Å². The third-order valence-corrected chi connectivity index (χ3v) is 4.41. The summed E-state index contributed by atoms with van der Waals surface area (Å²) >= 11 is 0. The molecule has 6 heteroatoms. The van der Waals surface area contributed by atoms with Gasteiger partial charge in [0.15, 0.2) is 5.82 Å². The fraction of sp³-hybridized carbons (Fsp3) is 0.263. The molecular weight excluding hydrogens is 312 g/mol. The first-order valence-electron chi connectivity index (χ1n) is 8.48. The van der Waals surface area contributed by atoms with E-state index in [0.717, 1.165) is 54.9 Å². The van der Waals surface area contributed by atoms with Crippen molar-refractivity contribution in [1.82, 2.24) is 20.2 Å². The lowest BCUT2D eigenvalue weighted by atomic mass is 10.1. The molecular formula is C19H20N6. The van der Waals surface area contributed by atoms with E-state index < -0.39 is 0 Å². The minimum atomic E-state index is 0.808. The van der Waals surface area contributed by atoms with E-state index in [1.54, 1.807) is 0 Å². The van der Waals surface area contributed by atoms with Gasteiger partial charge in [0.2, 0.25) is 0 Å². The Morgan fingerprint density at radius 2 is 1.48 bits per heavy atom. The van der Waals surface area contributed by atoms with Crippen molar-refractivity contribution < 1.29 is 0 Å². The minimum Gasteiger partial charge on any atom is -0.353 e. The van der Waals surface area contributed by atoms with Crippen LogP contribution in [0.5, 0.6) is 0 Å². The molecule has 0 saturated carbocycles. The average molecular weight is 332 g/mol. The van der Waals surface area contributed by atoms with E-state index in [1.807, 2.05) is 55.6 Å². The lowest BCUT2D eigenvalue weighted by Crippen LogP contribution is -2.47. The Labute approximate surface area is 147 Å². The van der Waals surface area contributed by atoms with Crippen LogP contribution in [-0.2, 0) is 0 Å². The van der Waals surface area contributed by atoms with Crippen molar-refractivity contribution >= 4 is 11.6 Å². The molecule has 2 aromatic heterocycles. The highest BCUT2D eigenvalue weighted by molar-refractivity contribution is 5.59. The highest BCUT2D eigenvalue weighted by Crippen LogP contribution is 2.20. The van der Waals surface area contributed by atoms with Gasteiger partial charge >= 0.3 is 0 Å². The Balaban J connectivity index is 1.42. The number of rotatable bonds is 3. The lowest BCUT2D eigenvalue weighted by molar-refractivity contribution is 0.637. The topological polar surface area (TPSA) is 58.0 Å². The zero-order valence-electron chi connectivity index (χ0n) is 14.2. The largest absolute Gasteiger partial charge is 0.353 e. The summed E-state index contributed by atoms with van der Waals surface area (Å²) < 4.78 is 0. The summed E-state index contributed by atoms with van der Waals surface area (Å²) in [6, 6.07) is 16.2. The van der Waals surface area contributed by atoms with Crippen LogP contribution in [-0.4, -0.2) is 46.3 Å². The summed E-state index contributed by atoms with van der Waals surface area (Å²) in [7, 11) is 0. The van der Waals surface area contributed by atoms with Gasteiger partial charge in [-0.15, -0.1) is 10.2 Å². The summed E-state index contributed by atoms with van der Waals surface area (Å²) in [6.45, 7) is 5.56. The Morgan fingerprint density at radius 1 is 0.760 bits per heavy atom. The first-order chi connectivity index (χ1) is 12.3. The van der Waals surface area contributed by atoms with Gasteiger partial charge in [-0.25, -0.2) is 9.97 Å². The lowest BCUT2D eigenvalue weighted by Gasteiger charge is -2.35. The van der Waals surface area contributed by atoms with Crippen molar-refractivity contribution in [3.05, 3.63) is 60.6 Å². The standard InChI is InChI=1S/C19H20N6/c1-15-20-10-9-18(21-15)24-11-13-25(14-12-24)19-8-7-17(22-23-19)16-5-3-2-4-6-16/h2-10H,11-14H2,1H3. The number of benzene rings is 1. The molecule has 3 aromatic rings. The van der Waals surface area contributed by atoms with Gasteiger partial charge in [0.05, 0.1) is 5.69 Å². The zero-order chi connectivity index (χ0) is 17.1. The molecule has 126 valence electrons. The second-order valence-corrected chi connectivity index (χ2v) is 6.08. The first kappa shape index (κ1) is 15.5. The van der Waals surface area contributed by atoms with Gasteiger partial charge in [-0.3, -0.25) is 0 Å². The monoisotopic (exact) mass is 332 g/mol. The number of anilines is 2. The predicted octanol–water partition coefficient (Wildman–Crippen LogP) is 2.57. The molecule has 0 radical (unpaired) electrons. The van der Waals surface area contributed by atoms with Crippen molar-refractivity contribution in [2.75, 3.05) is 36.0 Å². The second-order valence-electron chi connectivity index (χ2n) is 6.08. The third-order valence-electron chi connectivity index (χ3n) is 4.41. The van der Waals surface area contributed by atoms with Crippen LogP contribution in [0.2, 0.25) is 0 Å². The Kier molecular flexibility index (Phi) is 4.24. The number of hydrogen-bond donors (Lipinski definition) is 0. The average Bonchev–Trinajstić information content (AvgIpc) is 2.69. The quantitative estimate of drug-likeness (QED) is 0.735. The SMILES string of the molecule is Cc1nccc(N2CCN(c3ccc(-c4ccccc4)nn3)CC2)n1. The molecule has 1 fully saturated rings. The van der Waals surface area contributed by atoms with E-state index >= 15 is 0 Å². The normalized spacial score (nSPS) is 14.6. The minimum absolute atomic E-state index is 0.808. The molecule has 1 aliphatic rings. The van der Waals surface area contributed by atoms with Crippen LogP contribution < -0.4 is 9.80 Å². The van der Waals surface area contributed by atoms with E-state index in [2.05, 4.69) is 36.0 Å². The summed E-state index contributed by atoms with van der Waals surface area (Å²) in [5.74, 6) is 2.73. The summed E-state index contributed by atoms with van der Waals surface area (Å²) in [6.07, 6.45) is 1.82. The highest BCUT2D eigenvalue weighted by Gasteiger charge is 2.19. The third kappa shape index (κ3) is 3.42. The number of hydrogen-bond acceptors (Lipinski definition) is 6. The number of aryl methyl sites for hydroxylation is 1. The van der Waals surface area contributed by atoms with Crippen LogP contribution in [0.1, 0.15) is 5.82 Å². The number of nitrogens with zero attached hydrogens (tertiary/aromatic N) is 6. The summed E-state index contributed by atoms with van der Waals surface area (Å²) in [5.41, 5.74) is 1.99. The first-order valence-corrected chi connectivity index (χ1v) is 8.48. The van der Waals surface area contributed by atoms with Gasteiger partial charge in [0.25, 0.3) is 0 Å². The molecule has 0 unspecified atom stereocenters. The smallest absolute Gasteiger partial charge is 0.151 e. The molecule has 0 aliphatic carbocycles. The molecule has 25 heavy (non-hydrogen) atoms. The second kappa shape index (κ2) is 6.84. The maximum absolute atomic E-state index is 4.51. The van der Waals surface area contributed by atoms with E-state index in [4.69, 9.17) is 0 Å². The van der Waals surface area contributed by atoms with Crippen LogP contribution in [0.3, 0.4) is 0 Å². The molecule has 0 spiro atoms. The Morgan fingerprint density at radius 3 is 2.12 bits per heavy atom. The van der Waals surface area contributed by atoms with Crippen molar-refractivity contribution in [2.24, 2.45) is 0 Å². The van der Waals surface area contributed by atoms with Crippen molar-refractivity contribution in [3.8, 4) is 11.3 Å². The number of aromatic nitrogens is 4. The predicted molar refractivity (Wildman–Crippen MR) is 98.7 cm³/mol. The molecule has 1 aliphatic heterocycles. The summed E-state index contributed by atoms with van der Waals surface area (Å²) in [5, 5.41) is 8.81. The van der Waals surface area contributed by atoms with Gasteiger partial charge in [-0.1, -0.05) is 30.3 Å². The van der Waals surface area contributed by atoms with Gasteiger partial charge in [0.1, 0.15) is 11.6 Å². The maximum atomic E-state index is 4.51. The van der Waals surface area contributed by atoms with Crippen molar-refractivity contribution in [3.63, 3.8) is 0 Å². The molecule has 0 atom stereocenters. The van der Waals surface area contributed by atoms with Gasteiger partial charge in [0, 0.05) is 37.9 Å². The fourth-order valence-corrected chi connectivity index (χ4v) is 3.04. The molecule has 3 heterocycles. The fourth-order valence-electron chi connectivity index (χ4n) is 3.04. The van der Waals surface area contributed by atoms with Gasteiger partial charge in [-0.05, 0) is 25.1 Å². The molecule has 6 nitrogen and oxygen atoms in total. The van der Waals surface area contributed by atoms with E-state index in [-0.39, 0.29) is 0 Å². The molecule has 0 N–H and O–H groups in total. The van der Waals surface area contributed by atoms with Gasteiger partial charge < -0.3 is 9.80 Å². The van der Waals surface area contributed by atoms with Crippen LogP contribution in [0.15, 0.2) is 54.7 Å². The van der Waals surface area contributed by atoms with Crippen LogP contribution >= 0.6 is 0 Å². The van der Waals surface area contributed by atoms with Crippen molar-refractivity contribution in [2.45, 2.75) is 6.92 Å². The zero-order valence-corrected chi connectivity index (χ0v) is 14.2. The highest BCUT2D eigenvalue weighted by atomic mass is 15.3. The van der Waals surface area contributed by atoms with Crippen LogP contribution in [0.25, 0.3) is 11.3 Å². The van der Waals surface area contributed by atoms with Gasteiger partial charge in [-0.2, -0.15) is 0 Å². The molecule has 0 amide bonds. The van der Waals surface area contributed by atoms with Crippen LogP contribution in [0, 0.1) is 6.92 Å². The molecule has 0 bridgehead atoms. The Bertz CT molecular complexity index is 826. The van der Waals surface area contributed by atoms with Crippen molar-refractivity contribution in [1.29, 1.82) is 0 Å². The Hall–Kier alpha value is -3.02.